The third-order valence-electron chi connectivity index (χ3n) is 8.81. The molecule has 2 amide bonds. The molecular formula is C35H37N9O3. The summed E-state index contributed by atoms with van der Waals surface area (Å²) >= 11 is 0. The second kappa shape index (κ2) is 12.7. The quantitative estimate of drug-likeness (QED) is 0.187. The first-order valence-corrected chi connectivity index (χ1v) is 16.0. The number of nitrogens with zero attached hydrogens (tertiary/aromatic N) is 6. The topological polar surface area (TPSA) is 133 Å². The highest BCUT2D eigenvalue weighted by atomic mass is 16.5. The molecule has 2 aromatic carbocycles. The number of ether oxygens (including phenoxy) is 1. The minimum Gasteiger partial charge on any atom is -0.378 e. The second-order valence-electron chi connectivity index (χ2n) is 11.6. The summed E-state index contributed by atoms with van der Waals surface area (Å²) < 4.78 is 7.51. The number of amides is 2. The van der Waals surface area contributed by atoms with Crippen LogP contribution in [0.25, 0.3) is 22.3 Å². The highest BCUT2D eigenvalue weighted by Gasteiger charge is 2.30. The van der Waals surface area contributed by atoms with Gasteiger partial charge in [-0.2, -0.15) is 10.1 Å². The van der Waals surface area contributed by atoms with Gasteiger partial charge >= 0.3 is 0 Å². The molecule has 5 aromatic rings. The van der Waals surface area contributed by atoms with Crippen molar-refractivity contribution in [1.82, 2.24) is 24.7 Å². The van der Waals surface area contributed by atoms with Crippen molar-refractivity contribution < 1.29 is 14.3 Å². The summed E-state index contributed by atoms with van der Waals surface area (Å²) in [6.45, 7) is 11.9. The van der Waals surface area contributed by atoms with Crippen LogP contribution < -0.4 is 20.4 Å². The molecule has 0 spiro atoms. The second-order valence-corrected chi connectivity index (χ2v) is 11.6. The zero-order valence-corrected chi connectivity index (χ0v) is 26.5. The number of benzene rings is 2. The Labute approximate surface area is 272 Å². The first-order chi connectivity index (χ1) is 23.0. The van der Waals surface area contributed by atoms with Crippen molar-refractivity contribution in [3.63, 3.8) is 0 Å². The van der Waals surface area contributed by atoms with Crippen molar-refractivity contribution in [1.29, 1.82) is 0 Å². The minimum absolute atomic E-state index is 0.0306. The zero-order valence-electron chi connectivity index (χ0n) is 26.5. The number of carbonyl (C=O) groups excluding carboxylic acids is 2. The van der Waals surface area contributed by atoms with Gasteiger partial charge in [0.25, 0.3) is 5.91 Å². The van der Waals surface area contributed by atoms with Crippen LogP contribution >= 0.6 is 0 Å². The predicted octanol–water partition coefficient (Wildman–Crippen LogP) is 5.31. The molecule has 12 nitrogen and oxygen atoms in total. The average molecular weight is 632 g/mol. The van der Waals surface area contributed by atoms with Gasteiger partial charge in [0, 0.05) is 43.6 Å². The molecular weight excluding hydrogens is 594 g/mol. The Balaban J connectivity index is 1.23. The highest BCUT2D eigenvalue weighted by Crippen LogP contribution is 2.35. The molecule has 0 radical (unpaired) electrons. The molecule has 12 heteroatoms. The summed E-state index contributed by atoms with van der Waals surface area (Å²) in [7, 11) is 0. The SMILES string of the molecule is C=CC(=O)Nc1cc(N2CCOCC2)ccc1Nc1nc(-c2cc3n(c2)CCN(c2c(CC)cccc2CC)C3=O)c2cn[nH]c2n1. The van der Waals surface area contributed by atoms with Gasteiger partial charge in [0.1, 0.15) is 5.69 Å². The summed E-state index contributed by atoms with van der Waals surface area (Å²) in [6.07, 6.45) is 6.60. The molecule has 0 bridgehead atoms. The monoisotopic (exact) mass is 631 g/mol. The van der Waals surface area contributed by atoms with Crippen LogP contribution in [0.2, 0.25) is 0 Å². The molecule has 2 aliphatic heterocycles. The van der Waals surface area contributed by atoms with Crippen molar-refractivity contribution in [3.8, 4) is 11.3 Å². The lowest BCUT2D eigenvalue weighted by atomic mass is 10.0. The molecule has 0 saturated carbocycles. The van der Waals surface area contributed by atoms with E-state index in [0.717, 1.165) is 48.3 Å². The van der Waals surface area contributed by atoms with E-state index in [-0.39, 0.29) is 11.8 Å². The van der Waals surface area contributed by atoms with E-state index >= 15 is 0 Å². The van der Waals surface area contributed by atoms with E-state index in [1.807, 2.05) is 39.9 Å². The van der Waals surface area contributed by atoms with Crippen molar-refractivity contribution >= 4 is 51.5 Å². The van der Waals surface area contributed by atoms with Crippen LogP contribution in [0.15, 0.2) is 67.5 Å². The van der Waals surface area contributed by atoms with E-state index in [2.05, 4.69) is 69.3 Å². The normalized spacial score (nSPS) is 14.7. The Morgan fingerprint density at radius 3 is 2.55 bits per heavy atom. The smallest absolute Gasteiger partial charge is 0.274 e. The Morgan fingerprint density at radius 2 is 1.81 bits per heavy atom. The number of fused-ring (bicyclic) bond motifs is 2. The largest absolute Gasteiger partial charge is 0.378 e. The lowest BCUT2D eigenvalue weighted by Crippen LogP contribution is -2.41. The molecule has 1 saturated heterocycles. The summed E-state index contributed by atoms with van der Waals surface area (Å²) in [4.78, 5) is 40.1. The number of carbonyl (C=O) groups is 2. The average Bonchev–Trinajstić information content (AvgIpc) is 3.77. The lowest BCUT2D eigenvalue weighted by molar-refractivity contribution is -0.111. The van der Waals surface area contributed by atoms with Crippen LogP contribution in [-0.4, -0.2) is 69.4 Å². The minimum atomic E-state index is -0.330. The van der Waals surface area contributed by atoms with Crippen LogP contribution in [0.4, 0.5) is 28.7 Å². The van der Waals surface area contributed by atoms with Crippen LogP contribution in [-0.2, 0) is 28.9 Å². The van der Waals surface area contributed by atoms with E-state index in [0.29, 0.717) is 60.7 Å². The van der Waals surface area contributed by atoms with Gasteiger partial charge in [0.05, 0.1) is 47.6 Å². The van der Waals surface area contributed by atoms with Gasteiger partial charge in [-0.15, -0.1) is 0 Å². The van der Waals surface area contributed by atoms with Gasteiger partial charge < -0.3 is 29.7 Å². The molecule has 2 aliphatic rings. The maximum atomic E-state index is 14.0. The molecule has 0 unspecified atom stereocenters. The maximum Gasteiger partial charge on any atom is 0.274 e. The number of hydrogen-bond donors (Lipinski definition) is 3. The predicted molar refractivity (Wildman–Crippen MR) is 184 cm³/mol. The number of anilines is 5. The Kier molecular flexibility index (Phi) is 8.17. The molecule has 0 atom stereocenters. The third-order valence-corrected chi connectivity index (χ3v) is 8.81. The van der Waals surface area contributed by atoms with Crippen LogP contribution in [0, 0.1) is 0 Å². The molecule has 1 fully saturated rings. The van der Waals surface area contributed by atoms with Crippen molar-refractivity contribution in [2.45, 2.75) is 33.2 Å². The van der Waals surface area contributed by atoms with Crippen LogP contribution in [0.5, 0.6) is 0 Å². The number of H-pyrrole nitrogens is 1. The van der Waals surface area contributed by atoms with Crippen molar-refractivity contribution in [2.75, 3.05) is 53.3 Å². The molecule has 3 aromatic heterocycles. The van der Waals surface area contributed by atoms with E-state index in [4.69, 9.17) is 9.72 Å². The summed E-state index contributed by atoms with van der Waals surface area (Å²) in [5.41, 5.74) is 8.10. The molecule has 5 heterocycles. The van der Waals surface area contributed by atoms with E-state index in [1.165, 1.54) is 17.2 Å². The Hall–Kier alpha value is -5.49. The first kappa shape index (κ1) is 30.2. The first-order valence-electron chi connectivity index (χ1n) is 16.0. The standard InChI is InChI=1S/C35H37N9O3/c1-4-22-8-7-9-23(5-2)32(22)44-13-12-43-21-24(18-29(43)34(44)46)31-26-20-36-41-33(26)40-35(39-31)38-27-11-10-25(42-14-16-47-17-15-42)19-28(27)37-30(45)6-3/h6-11,18-21H,3-5,12-17H2,1-2H3,(H,37,45)(H2,36,38,39,40,41). The molecule has 0 aliphatic carbocycles. The number of morpholine rings is 1. The summed E-state index contributed by atoms with van der Waals surface area (Å²) in [5.74, 6) is -0.0491. The van der Waals surface area contributed by atoms with Crippen molar-refractivity contribution in [2.24, 2.45) is 0 Å². The highest BCUT2D eigenvalue weighted by molar-refractivity contribution is 6.08. The van der Waals surface area contributed by atoms with Crippen molar-refractivity contribution in [3.05, 3.63) is 84.3 Å². The van der Waals surface area contributed by atoms with Gasteiger partial charge in [0.2, 0.25) is 11.9 Å². The number of aromatic amines is 1. The maximum absolute atomic E-state index is 14.0. The zero-order chi connectivity index (χ0) is 32.5. The van der Waals surface area contributed by atoms with E-state index in [9.17, 15) is 9.59 Å². The van der Waals surface area contributed by atoms with Gasteiger partial charge in [-0.1, -0.05) is 38.6 Å². The fourth-order valence-corrected chi connectivity index (χ4v) is 6.40. The number of rotatable bonds is 9. The molecule has 7 rings (SSSR count). The van der Waals surface area contributed by atoms with Gasteiger partial charge in [-0.25, -0.2) is 4.98 Å². The van der Waals surface area contributed by atoms with E-state index in [1.54, 1.807) is 6.20 Å². The number of aryl methyl sites for hydroxylation is 2. The van der Waals surface area contributed by atoms with Crippen LogP contribution in [0.3, 0.4) is 0 Å². The summed E-state index contributed by atoms with van der Waals surface area (Å²) in [5, 5.41) is 14.1. The van der Waals surface area contributed by atoms with Crippen LogP contribution in [0.1, 0.15) is 35.5 Å². The Morgan fingerprint density at radius 1 is 1.02 bits per heavy atom. The fraction of sp³-hybridized carbons (Fsp3) is 0.286. The number of hydrogen-bond acceptors (Lipinski definition) is 8. The summed E-state index contributed by atoms with van der Waals surface area (Å²) in [6, 6.07) is 14.0. The number of para-hydroxylation sites is 1. The van der Waals surface area contributed by atoms with Gasteiger partial charge in [0.15, 0.2) is 5.65 Å². The lowest BCUT2D eigenvalue weighted by Gasteiger charge is -2.31. The molecule has 3 N–H and O–H groups in total. The van der Waals surface area contributed by atoms with E-state index < -0.39 is 0 Å². The van der Waals surface area contributed by atoms with Gasteiger partial charge in [-0.3, -0.25) is 14.7 Å². The molecule has 240 valence electrons. The fourth-order valence-electron chi connectivity index (χ4n) is 6.40. The Bertz CT molecular complexity index is 1970. The molecule has 47 heavy (non-hydrogen) atoms. The third kappa shape index (κ3) is 5.72. The van der Waals surface area contributed by atoms with Gasteiger partial charge in [-0.05, 0) is 54.3 Å². The number of nitrogens with one attached hydrogen (secondary N) is 3. The number of aromatic nitrogens is 5.